The molecule has 1 aliphatic rings. The molecule has 16 heavy (non-hydrogen) atoms. The lowest BCUT2D eigenvalue weighted by Gasteiger charge is -2.24. The Kier molecular flexibility index (Phi) is 2.52. The van der Waals surface area contributed by atoms with Crippen molar-refractivity contribution in [2.75, 3.05) is 0 Å². The zero-order valence-corrected chi connectivity index (χ0v) is 9.18. The molecule has 0 fully saturated rings. The molecule has 0 bridgehead atoms. The molecule has 1 aromatic carbocycles. The second-order valence-corrected chi connectivity index (χ2v) is 4.01. The quantitative estimate of drug-likeness (QED) is 0.756. The van der Waals surface area contributed by atoms with E-state index in [1.54, 1.807) is 38.1 Å². The Morgan fingerprint density at radius 3 is 1.88 bits per heavy atom. The number of imide groups is 1. The lowest BCUT2D eigenvalue weighted by atomic mass is 10.1. The van der Waals surface area contributed by atoms with Crippen molar-refractivity contribution in [2.24, 2.45) is 0 Å². The Bertz CT molecular complexity index is 418. The Morgan fingerprint density at radius 1 is 1.06 bits per heavy atom. The summed E-state index contributed by atoms with van der Waals surface area (Å²) in [5.74, 6) is -0.650. The van der Waals surface area contributed by atoms with Crippen LogP contribution in [0.2, 0.25) is 0 Å². The number of amides is 2. The van der Waals surface area contributed by atoms with Crippen molar-refractivity contribution in [1.29, 1.82) is 0 Å². The number of aliphatic hydroxyl groups excluding tert-OH is 1. The van der Waals surface area contributed by atoms with Gasteiger partial charge in [-0.1, -0.05) is 12.1 Å². The molecule has 1 N–H and O–H groups in total. The third-order valence-electron chi connectivity index (χ3n) is 2.93. The van der Waals surface area contributed by atoms with E-state index in [0.29, 0.717) is 11.1 Å². The molecular formula is C12H13NO3. The summed E-state index contributed by atoms with van der Waals surface area (Å²) in [6.45, 7) is 3.22. The number of hydrogen-bond acceptors (Lipinski definition) is 3. The van der Waals surface area contributed by atoms with Gasteiger partial charge in [0.15, 0.2) is 0 Å². The summed E-state index contributed by atoms with van der Waals surface area (Å²) in [5.41, 5.74) is 0.833. The lowest BCUT2D eigenvalue weighted by molar-refractivity contribution is 0.0416. The maximum absolute atomic E-state index is 11.9. The number of carbonyl (C=O) groups excluding carboxylic acids is 2. The van der Waals surface area contributed by atoms with Crippen LogP contribution in [0.1, 0.15) is 34.6 Å². The highest BCUT2D eigenvalue weighted by atomic mass is 16.3. The second kappa shape index (κ2) is 3.72. The average molecular weight is 219 g/mol. The molecule has 0 radical (unpaired) electrons. The molecule has 0 aliphatic carbocycles. The highest BCUT2D eigenvalue weighted by molar-refractivity contribution is 6.21. The third-order valence-corrected chi connectivity index (χ3v) is 2.93. The SMILES string of the molecule is CC(O)C(C)N1C(=O)c2ccccc2C1=O. The predicted molar refractivity (Wildman–Crippen MR) is 58.1 cm³/mol. The van der Waals surface area contributed by atoms with Crippen LogP contribution in [0.25, 0.3) is 0 Å². The summed E-state index contributed by atoms with van der Waals surface area (Å²) in [6.07, 6.45) is -0.734. The molecule has 2 amide bonds. The van der Waals surface area contributed by atoms with Gasteiger partial charge in [0.05, 0.1) is 23.3 Å². The van der Waals surface area contributed by atoms with Gasteiger partial charge < -0.3 is 5.11 Å². The van der Waals surface area contributed by atoms with Crippen LogP contribution in [0, 0.1) is 0 Å². The van der Waals surface area contributed by atoms with Crippen molar-refractivity contribution in [2.45, 2.75) is 26.0 Å². The monoisotopic (exact) mass is 219 g/mol. The van der Waals surface area contributed by atoms with Crippen LogP contribution >= 0.6 is 0 Å². The van der Waals surface area contributed by atoms with Crippen LogP contribution in [-0.4, -0.2) is 34.0 Å². The first-order valence-corrected chi connectivity index (χ1v) is 5.19. The largest absolute Gasteiger partial charge is 0.391 e. The first-order valence-electron chi connectivity index (χ1n) is 5.19. The molecular weight excluding hydrogens is 206 g/mol. The summed E-state index contributed by atoms with van der Waals surface area (Å²) in [7, 11) is 0. The Hall–Kier alpha value is -1.68. The average Bonchev–Trinajstić information content (AvgIpc) is 2.52. The molecule has 2 atom stereocenters. The van der Waals surface area contributed by atoms with E-state index < -0.39 is 12.1 Å². The van der Waals surface area contributed by atoms with Crippen molar-refractivity contribution in [3.63, 3.8) is 0 Å². The number of aliphatic hydroxyl groups is 1. The first kappa shape index (κ1) is 10.8. The maximum Gasteiger partial charge on any atom is 0.261 e. The summed E-state index contributed by atoms with van der Waals surface area (Å²) in [5, 5.41) is 9.45. The Labute approximate surface area is 93.5 Å². The maximum atomic E-state index is 11.9. The normalized spacial score (nSPS) is 18.6. The molecule has 1 heterocycles. The van der Waals surface area contributed by atoms with Crippen LogP contribution in [0.3, 0.4) is 0 Å². The van der Waals surface area contributed by atoms with Crippen molar-refractivity contribution >= 4 is 11.8 Å². The van der Waals surface area contributed by atoms with Gasteiger partial charge in [0.25, 0.3) is 11.8 Å². The summed E-state index contributed by atoms with van der Waals surface area (Å²) < 4.78 is 0. The van der Waals surface area contributed by atoms with Gasteiger partial charge in [-0.2, -0.15) is 0 Å². The van der Waals surface area contributed by atoms with Gasteiger partial charge in [-0.3, -0.25) is 14.5 Å². The fourth-order valence-corrected chi connectivity index (χ4v) is 1.79. The predicted octanol–water partition coefficient (Wildman–Crippen LogP) is 1.05. The van der Waals surface area contributed by atoms with E-state index >= 15 is 0 Å². The molecule has 0 saturated heterocycles. The molecule has 2 rings (SSSR count). The first-order chi connectivity index (χ1) is 7.54. The molecule has 0 aromatic heterocycles. The molecule has 4 nitrogen and oxygen atoms in total. The number of carbonyl (C=O) groups is 2. The van der Waals surface area contributed by atoms with E-state index in [2.05, 4.69) is 0 Å². The number of rotatable bonds is 2. The lowest BCUT2D eigenvalue weighted by Crippen LogP contribution is -2.43. The molecule has 2 unspecified atom stereocenters. The summed E-state index contributed by atoms with van der Waals surface area (Å²) in [4.78, 5) is 25.0. The van der Waals surface area contributed by atoms with Gasteiger partial charge in [-0.15, -0.1) is 0 Å². The van der Waals surface area contributed by atoms with Crippen LogP contribution < -0.4 is 0 Å². The molecule has 1 aromatic rings. The van der Waals surface area contributed by atoms with Crippen molar-refractivity contribution in [3.8, 4) is 0 Å². The standard InChI is InChI=1S/C12H13NO3/c1-7(8(2)14)13-11(15)9-5-3-4-6-10(9)12(13)16/h3-8,14H,1-2H3. The zero-order chi connectivity index (χ0) is 11.9. The fourth-order valence-electron chi connectivity index (χ4n) is 1.79. The molecule has 0 saturated carbocycles. The fraction of sp³-hybridized carbons (Fsp3) is 0.333. The minimum Gasteiger partial charge on any atom is -0.391 e. The molecule has 0 spiro atoms. The second-order valence-electron chi connectivity index (χ2n) is 4.01. The number of nitrogens with zero attached hydrogens (tertiary/aromatic N) is 1. The van der Waals surface area contributed by atoms with Gasteiger partial charge in [0.2, 0.25) is 0 Å². The minimum atomic E-state index is -0.734. The highest BCUT2D eigenvalue weighted by Crippen LogP contribution is 2.25. The third kappa shape index (κ3) is 1.42. The van der Waals surface area contributed by atoms with Crippen LogP contribution in [-0.2, 0) is 0 Å². The summed E-state index contributed by atoms with van der Waals surface area (Å²) in [6, 6.07) is 6.20. The van der Waals surface area contributed by atoms with Gasteiger partial charge in [-0.25, -0.2) is 0 Å². The number of benzene rings is 1. The molecule has 4 heteroatoms. The topological polar surface area (TPSA) is 57.6 Å². The van der Waals surface area contributed by atoms with E-state index in [4.69, 9.17) is 0 Å². The van der Waals surface area contributed by atoms with E-state index in [-0.39, 0.29) is 11.8 Å². The van der Waals surface area contributed by atoms with Gasteiger partial charge >= 0.3 is 0 Å². The van der Waals surface area contributed by atoms with E-state index in [1.807, 2.05) is 0 Å². The van der Waals surface area contributed by atoms with Gasteiger partial charge in [0, 0.05) is 0 Å². The minimum absolute atomic E-state index is 0.325. The smallest absolute Gasteiger partial charge is 0.261 e. The van der Waals surface area contributed by atoms with Gasteiger partial charge in [0.1, 0.15) is 0 Å². The number of fused-ring (bicyclic) bond motifs is 1. The van der Waals surface area contributed by atoms with Crippen LogP contribution in [0.4, 0.5) is 0 Å². The summed E-state index contributed by atoms with van der Waals surface area (Å²) >= 11 is 0. The zero-order valence-electron chi connectivity index (χ0n) is 9.18. The highest BCUT2D eigenvalue weighted by Gasteiger charge is 2.39. The van der Waals surface area contributed by atoms with Crippen LogP contribution in [0.5, 0.6) is 0 Å². The Morgan fingerprint density at radius 2 is 1.50 bits per heavy atom. The molecule has 84 valence electrons. The van der Waals surface area contributed by atoms with Crippen molar-refractivity contribution in [3.05, 3.63) is 35.4 Å². The van der Waals surface area contributed by atoms with E-state index in [1.165, 1.54) is 0 Å². The van der Waals surface area contributed by atoms with Gasteiger partial charge in [-0.05, 0) is 26.0 Å². The van der Waals surface area contributed by atoms with Crippen molar-refractivity contribution in [1.82, 2.24) is 4.90 Å². The molecule has 1 aliphatic heterocycles. The number of hydrogen-bond donors (Lipinski definition) is 1. The van der Waals surface area contributed by atoms with E-state index in [9.17, 15) is 14.7 Å². The Balaban J connectivity index is 2.43. The van der Waals surface area contributed by atoms with Crippen molar-refractivity contribution < 1.29 is 14.7 Å². The van der Waals surface area contributed by atoms with E-state index in [0.717, 1.165) is 4.90 Å². The van der Waals surface area contributed by atoms with Crippen LogP contribution in [0.15, 0.2) is 24.3 Å².